The van der Waals surface area contributed by atoms with Crippen molar-refractivity contribution in [3.8, 4) is 11.5 Å². The van der Waals surface area contributed by atoms with E-state index in [0.29, 0.717) is 17.9 Å². The van der Waals surface area contributed by atoms with E-state index in [1.54, 1.807) is 6.20 Å². The summed E-state index contributed by atoms with van der Waals surface area (Å²) in [5.74, 6) is 0.685. The molecule has 0 saturated carbocycles. The number of aromatic nitrogens is 5. The molecule has 1 atom stereocenters. The van der Waals surface area contributed by atoms with E-state index in [0.717, 1.165) is 29.6 Å². The number of nitrogens with zero attached hydrogens (tertiary/aromatic N) is 4. The van der Waals surface area contributed by atoms with Crippen molar-refractivity contribution in [3.63, 3.8) is 0 Å². The Kier molecular flexibility index (Phi) is 4.49. The van der Waals surface area contributed by atoms with Gasteiger partial charge in [0.05, 0.1) is 11.7 Å². The number of nitrogen functional groups attached to an aromatic ring is 1. The molecule has 0 fully saturated rings. The van der Waals surface area contributed by atoms with Crippen LogP contribution < -0.4 is 11.1 Å². The summed E-state index contributed by atoms with van der Waals surface area (Å²) < 4.78 is 4.62. The van der Waals surface area contributed by atoms with Crippen molar-refractivity contribution in [2.24, 2.45) is 0 Å². The SMILES string of the molecule is CCC(NCCCO)c1cncc2nc(-c3nonc3N)[nH]c12. The van der Waals surface area contributed by atoms with Crippen molar-refractivity contribution in [1.29, 1.82) is 0 Å². The van der Waals surface area contributed by atoms with E-state index in [1.807, 2.05) is 6.20 Å². The lowest BCUT2D eigenvalue weighted by molar-refractivity contribution is 0.283. The number of nitrogens with two attached hydrogens (primary N) is 1. The predicted octanol–water partition coefficient (Wildman–Crippen LogP) is 1.01. The van der Waals surface area contributed by atoms with Crippen LogP contribution in [0.25, 0.3) is 22.6 Å². The van der Waals surface area contributed by atoms with Crippen molar-refractivity contribution in [3.05, 3.63) is 18.0 Å². The van der Waals surface area contributed by atoms with E-state index in [-0.39, 0.29) is 18.5 Å². The number of imidazole rings is 1. The third kappa shape index (κ3) is 3.01. The van der Waals surface area contributed by atoms with Crippen LogP contribution in [0.15, 0.2) is 17.0 Å². The number of hydrogen-bond donors (Lipinski definition) is 4. The Morgan fingerprint density at radius 2 is 2.26 bits per heavy atom. The number of aliphatic hydroxyl groups excluding tert-OH is 1. The molecule has 0 aromatic carbocycles. The molecule has 0 radical (unpaired) electrons. The average molecular weight is 317 g/mol. The van der Waals surface area contributed by atoms with Crippen molar-refractivity contribution in [2.45, 2.75) is 25.8 Å². The van der Waals surface area contributed by atoms with Crippen LogP contribution in [-0.2, 0) is 0 Å². The summed E-state index contributed by atoms with van der Waals surface area (Å²) in [6.45, 7) is 2.98. The molecule has 0 amide bonds. The third-order valence-corrected chi connectivity index (χ3v) is 3.68. The van der Waals surface area contributed by atoms with Crippen LogP contribution in [0.3, 0.4) is 0 Å². The fourth-order valence-electron chi connectivity index (χ4n) is 2.52. The van der Waals surface area contributed by atoms with E-state index in [9.17, 15) is 0 Å². The Hall–Kier alpha value is -2.52. The quantitative estimate of drug-likeness (QED) is 0.473. The third-order valence-electron chi connectivity index (χ3n) is 3.68. The molecule has 0 bridgehead atoms. The number of rotatable bonds is 7. The van der Waals surface area contributed by atoms with Gasteiger partial charge in [-0.1, -0.05) is 6.92 Å². The molecule has 0 spiro atoms. The van der Waals surface area contributed by atoms with Gasteiger partial charge in [-0.15, -0.1) is 0 Å². The Labute approximate surface area is 132 Å². The lowest BCUT2D eigenvalue weighted by Crippen LogP contribution is -2.23. The highest BCUT2D eigenvalue weighted by Gasteiger charge is 2.18. The van der Waals surface area contributed by atoms with Gasteiger partial charge in [-0.3, -0.25) is 4.98 Å². The fraction of sp³-hybridized carbons (Fsp3) is 0.429. The number of anilines is 1. The number of aromatic amines is 1. The van der Waals surface area contributed by atoms with Gasteiger partial charge in [0, 0.05) is 24.4 Å². The maximum absolute atomic E-state index is 8.93. The standard InChI is InChI=1S/C14H19N7O2/c1-2-9(17-4-3-5-22)8-6-16-7-10-11(8)19-14(18-10)12-13(15)21-23-20-12/h6-7,9,17,22H,2-5H2,1H3,(H2,15,21)(H,18,19). The molecule has 5 N–H and O–H groups in total. The van der Waals surface area contributed by atoms with Crippen LogP contribution in [0.5, 0.6) is 0 Å². The van der Waals surface area contributed by atoms with Crippen molar-refractivity contribution in [2.75, 3.05) is 18.9 Å². The first-order chi connectivity index (χ1) is 11.2. The minimum Gasteiger partial charge on any atom is -0.396 e. The zero-order valence-electron chi connectivity index (χ0n) is 12.8. The van der Waals surface area contributed by atoms with Crippen LogP contribution in [0.4, 0.5) is 5.82 Å². The van der Waals surface area contributed by atoms with Gasteiger partial charge in [0.1, 0.15) is 5.52 Å². The van der Waals surface area contributed by atoms with Crippen LogP contribution in [0.2, 0.25) is 0 Å². The Bertz CT molecular complexity index is 782. The number of H-pyrrole nitrogens is 1. The van der Waals surface area contributed by atoms with E-state index in [2.05, 4.69) is 42.1 Å². The summed E-state index contributed by atoms with van der Waals surface area (Å²) in [5.41, 5.74) is 8.71. The summed E-state index contributed by atoms with van der Waals surface area (Å²) in [6, 6.07) is 0.110. The highest BCUT2D eigenvalue weighted by Crippen LogP contribution is 2.27. The summed E-state index contributed by atoms with van der Waals surface area (Å²) in [4.78, 5) is 12.0. The lowest BCUT2D eigenvalue weighted by Gasteiger charge is -2.17. The molecule has 3 rings (SSSR count). The Balaban J connectivity index is 1.97. The molecule has 9 heteroatoms. The molecule has 3 aromatic rings. The molecule has 122 valence electrons. The molecular formula is C14H19N7O2. The van der Waals surface area contributed by atoms with Crippen molar-refractivity contribution in [1.82, 2.24) is 30.6 Å². The summed E-state index contributed by atoms with van der Waals surface area (Å²) in [7, 11) is 0. The van der Waals surface area contributed by atoms with Crippen LogP contribution in [-0.4, -0.2) is 43.5 Å². The molecule has 23 heavy (non-hydrogen) atoms. The van der Waals surface area contributed by atoms with Gasteiger partial charge in [0.15, 0.2) is 17.3 Å². The van der Waals surface area contributed by atoms with Gasteiger partial charge in [-0.25, -0.2) is 9.61 Å². The van der Waals surface area contributed by atoms with E-state index < -0.39 is 0 Å². The van der Waals surface area contributed by atoms with Crippen LogP contribution >= 0.6 is 0 Å². The second kappa shape index (κ2) is 6.71. The molecule has 0 aliphatic heterocycles. The maximum Gasteiger partial charge on any atom is 0.199 e. The van der Waals surface area contributed by atoms with Crippen molar-refractivity contribution < 1.29 is 9.74 Å². The molecule has 0 saturated heterocycles. The Morgan fingerprint density at radius 1 is 1.39 bits per heavy atom. The predicted molar refractivity (Wildman–Crippen MR) is 84.3 cm³/mol. The van der Waals surface area contributed by atoms with Crippen LogP contribution in [0, 0.1) is 0 Å². The Morgan fingerprint density at radius 3 is 2.96 bits per heavy atom. The maximum atomic E-state index is 8.93. The second-order valence-electron chi connectivity index (χ2n) is 5.20. The highest BCUT2D eigenvalue weighted by atomic mass is 16.6. The van der Waals surface area contributed by atoms with Gasteiger partial charge in [-0.05, 0) is 29.7 Å². The lowest BCUT2D eigenvalue weighted by atomic mass is 10.1. The van der Waals surface area contributed by atoms with Gasteiger partial charge in [0.2, 0.25) is 0 Å². The fourth-order valence-corrected chi connectivity index (χ4v) is 2.52. The molecule has 1 unspecified atom stereocenters. The number of pyridine rings is 1. The number of aliphatic hydroxyl groups is 1. The largest absolute Gasteiger partial charge is 0.396 e. The average Bonchev–Trinajstić information content (AvgIpc) is 3.17. The van der Waals surface area contributed by atoms with Gasteiger partial charge >= 0.3 is 0 Å². The topological polar surface area (TPSA) is 139 Å². The van der Waals surface area contributed by atoms with Crippen LogP contribution in [0.1, 0.15) is 31.4 Å². The molecular weight excluding hydrogens is 298 g/mol. The molecule has 3 aromatic heterocycles. The normalized spacial score (nSPS) is 12.8. The minimum atomic E-state index is 0.110. The van der Waals surface area contributed by atoms with Crippen molar-refractivity contribution >= 4 is 16.9 Å². The first-order valence-electron chi connectivity index (χ1n) is 7.50. The molecule has 3 heterocycles. The first kappa shape index (κ1) is 15.4. The molecule has 9 nitrogen and oxygen atoms in total. The summed E-state index contributed by atoms with van der Waals surface area (Å²) in [5, 5.41) is 19.7. The van der Waals surface area contributed by atoms with E-state index in [1.165, 1.54) is 0 Å². The van der Waals surface area contributed by atoms with Gasteiger partial charge in [-0.2, -0.15) is 0 Å². The monoisotopic (exact) mass is 317 g/mol. The summed E-state index contributed by atoms with van der Waals surface area (Å²) >= 11 is 0. The number of hydrogen-bond acceptors (Lipinski definition) is 8. The number of fused-ring (bicyclic) bond motifs is 1. The second-order valence-corrected chi connectivity index (χ2v) is 5.20. The van der Waals surface area contributed by atoms with Gasteiger partial charge < -0.3 is 21.1 Å². The molecule has 0 aliphatic rings. The molecule has 0 aliphatic carbocycles. The smallest absolute Gasteiger partial charge is 0.199 e. The highest BCUT2D eigenvalue weighted by molar-refractivity contribution is 5.82. The van der Waals surface area contributed by atoms with Gasteiger partial charge in [0.25, 0.3) is 0 Å². The zero-order chi connectivity index (χ0) is 16.2. The number of nitrogens with one attached hydrogen (secondary N) is 2. The zero-order valence-corrected chi connectivity index (χ0v) is 12.8. The minimum absolute atomic E-state index is 0.110. The summed E-state index contributed by atoms with van der Waals surface area (Å²) in [6.07, 6.45) is 5.08. The van der Waals surface area contributed by atoms with E-state index >= 15 is 0 Å². The van der Waals surface area contributed by atoms with E-state index in [4.69, 9.17) is 10.8 Å². The first-order valence-corrected chi connectivity index (χ1v) is 7.50.